The predicted octanol–water partition coefficient (Wildman–Crippen LogP) is 2.84. The molecule has 4 nitrogen and oxygen atoms in total. The molecule has 0 radical (unpaired) electrons. The van der Waals surface area contributed by atoms with Crippen LogP contribution in [0.3, 0.4) is 0 Å². The smallest absolute Gasteiger partial charge is 0.125 e. The van der Waals surface area contributed by atoms with Crippen molar-refractivity contribution >= 4 is 5.57 Å². The van der Waals surface area contributed by atoms with Crippen molar-refractivity contribution in [2.24, 2.45) is 0 Å². The topological polar surface area (TPSA) is 38.2 Å². The summed E-state index contributed by atoms with van der Waals surface area (Å²) in [5.74, 6) is 0.819. The van der Waals surface area contributed by atoms with E-state index in [0.29, 0.717) is 12.1 Å². The van der Waals surface area contributed by atoms with Crippen molar-refractivity contribution < 1.29 is 4.74 Å². The molecule has 118 valence electrons. The molecule has 0 N–H and O–H groups in total. The third kappa shape index (κ3) is 3.05. The quantitative estimate of drug-likeness (QED) is 0.874. The average Bonchev–Trinajstić information content (AvgIpc) is 2.56. The standard InChI is InChI=1S/C19H21N3O/c1-14-20-9-17(10-21-14)16-7-18-12-23-13-19(8-16)22(18)11-15-5-3-2-4-6-15/h2-7,9-10,18-19H,8,11-13H2,1H3. The van der Waals surface area contributed by atoms with E-state index in [2.05, 4.69) is 51.3 Å². The van der Waals surface area contributed by atoms with Gasteiger partial charge in [0.2, 0.25) is 0 Å². The van der Waals surface area contributed by atoms with Gasteiger partial charge in [-0.25, -0.2) is 9.97 Å². The van der Waals surface area contributed by atoms with Crippen molar-refractivity contribution in [1.29, 1.82) is 0 Å². The fourth-order valence-electron chi connectivity index (χ4n) is 3.47. The molecule has 0 spiro atoms. The monoisotopic (exact) mass is 307 g/mol. The van der Waals surface area contributed by atoms with Gasteiger partial charge in [0.15, 0.2) is 0 Å². The summed E-state index contributed by atoms with van der Waals surface area (Å²) in [6.45, 7) is 4.46. The van der Waals surface area contributed by atoms with Gasteiger partial charge in [0.1, 0.15) is 5.82 Å². The van der Waals surface area contributed by atoms with Gasteiger partial charge in [-0.15, -0.1) is 0 Å². The van der Waals surface area contributed by atoms with Crippen LogP contribution in [0.5, 0.6) is 0 Å². The average molecular weight is 307 g/mol. The molecule has 2 atom stereocenters. The molecule has 0 saturated carbocycles. The lowest BCUT2D eigenvalue weighted by atomic mass is 9.90. The van der Waals surface area contributed by atoms with Gasteiger partial charge < -0.3 is 4.74 Å². The van der Waals surface area contributed by atoms with Gasteiger partial charge in [-0.05, 0) is 24.5 Å². The third-order valence-electron chi connectivity index (χ3n) is 4.70. The summed E-state index contributed by atoms with van der Waals surface area (Å²) in [5, 5.41) is 0. The first-order valence-corrected chi connectivity index (χ1v) is 8.17. The van der Waals surface area contributed by atoms with Gasteiger partial charge >= 0.3 is 0 Å². The highest BCUT2D eigenvalue weighted by Crippen LogP contribution is 2.33. The number of aromatic nitrogens is 2. The van der Waals surface area contributed by atoms with Crippen molar-refractivity contribution in [1.82, 2.24) is 14.9 Å². The molecule has 2 unspecified atom stereocenters. The Labute approximate surface area is 136 Å². The van der Waals surface area contributed by atoms with Crippen molar-refractivity contribution in [3.63, 3.8) is 0 Å². The van der Waals surface area contributed by atoms with E-state index in [4.69, 9.17) is 4.74 Å². The van der Waals surface area contributed by atoms with Crippen LogP contribution < -0.4 is 0 Å². The molecule has 3 heterocycles. The number of nitrogens with zero attached hydrogens (tertiary/aromatic N) is 3. The molecule has 1 aromatic carbocycles. The summed E-state index contributed by atoms with van der Waals surface area (Å²) in [7, 11) is 0. The first kappa shape index (κ1) is 14.5. The number of hydrogen-bond donors (Lipinski definition) is 0. The van der Waals surface area contributed by atoms with Crippen LogP contribution in [0.4, 0.5) is 0 Å². The molecule has 1 fully saturated rings. The maximum absolute atomic E-state index is 5.79. The summed E-state index contributed by atoms with van der Waals surface area (Å²) in [4.78, 5) is 11.2. The molecule has 1 saturated heterocycles. The van der Waals surface area contributed by atoms with E-state index in [9.17, 15) is 0 Å². The fraction of sp³-hybridized carbons (Fsp3) is 0.368. The summed E-state index contributed by atoms with van der Waals surface area (Å²) >= 11 is 0. The lowest BCUT2D eigenvalue weighted by Gasteiger charge is -2.44. The molecule has 2 aromatic rings. The number of ether oxygens (including phenoxy) is 1. The molecular formula is C19H21N3O. The van der Waals surface area contributed by atoms with Gasteiger partial charge in [0.25, 0.3) is 0 Å². The maximum Gasteiger partial charge on any atom is 0.125 e. The first-order valence-electron chi connectivity index (χ1n) is 8.17. The van der Waals surface area contributed by atoms with Crippen LogP contribution >= 0.6 is 0 Å². The minimum atomic E-state index is 0.332. The fourth-order valence-corrected chi connectivity index (χ4v) is 3.47. The van der Waals surface area contributed by atoms with Crippen LogP contribution in [0.25, 0.3) is 5.57 Å². The van der Waals surface area contributed by atoms with Gasteiger partial charge in [0.05, 0.1) is 19.3 Å². The molecule has 2 aliphatic heterocycles. The zero-order valence-electron chi connectivity index (χ0n) is 13.4. The Balaban J connectivity index is 1.59. The highest BCUT2D eigenvalue weighted by atomic mass is 16.5. The van der Waals surface area contributed by atoms with Gasteiger partial charge in [-0.1, -0.05) is 36.4 Å². The Kier molecular flexibility index (Phi) is 3.93. The maximum atomic E-state index is 5.79. The van der Waals surface area contributed by atoms with E-state index < -0.39 is 0 Å². The lowest BCUT2D eigenvalue weighted by Crippen LogP contribution is -2.53. The molecule has 23 heavy (non-hydrogen) atoms. The molecule has 4 rings (SSSR count). The van der Waals surface area contributed by atoms with Crippen molar-refractivity contribution in [2.75, 3.05) is 13.2 Å². The molecule has 0 aliphatic carbocycles. The van der Waals surface area contributed by atoms with Crippen LogP contribution in [0.1, 0.15) is 23.4 Å². The minimum absolute atomic E-state index is 0.332. The third-order valence-corrected chi connectivity index (χ3v) is 4.70. The van der Waals surface area contributed by atoms with Crippen molar-refractivity contribution in [2.45, 2.75) is 32.0 Å². The minimum Gasteiger partial charge on any atom is -0.378 e. The molecule has 4 heteroatoms. The van der Waals surface area contributed by atoms with Crippen LogP contribution in [0, 0.1) is 6.92 Å². The molecule has 2 bridgehead atoms. The van der Waals surface area contributed by atoms with Crippen LogP contribution in [-0.4, -0.2) is 40.2 Å². The van der Waals surface area contributed by atoms with Gasteiger partial charge in [-0.3, -0.25) is 4.90 Å². The Morgan fingerprint density at radius 1 is 1.13 bits per heavy atom. The summed E-state index contributed by atoms with van der Waals surface area (Å²) in [6, 6.07) is 11.4. The summed E-state index contributed by atoms with van der Waals surface area (Å²) < 4.78 is 5.79. The van der Waals surface area contributed by atoms with Crippen molar-refractivity contribution in [3.05, 3.63) is 65.8 Å². The first-order chi connectivity index (χ1) is 11.3. The number of hydrogen-bond acceptors (Lipinski definition) is 4. The molecule has 2 aliphatic rings. The highest BCUT2D eigenvalue weighted by Gasteiger charge is 2.34. The lowest BCUT2D eigenvalue weighted by molar-refractivity contribution is -0.0402. The van der Waals surface area contributed by atoms with E-state index in [-0.39, 0.29) is 0 Å². The second-order valence-corrected chi connectivity index (χ2v) is 6.33. The zero-order chi connectivity index (χ0) is 15.6. The Morgan fingerprint density at radius 2 is 1.91 bits per heavy atom. The van der Waals surface area contributed by atoms with E-state index in [0.717, 1.165) is 37.6 Å². The summed E-state index contributed by atoms with van der Waals surface area (Å²) in [5.41, 5.74) is 3.86. The Bertz CT molecular complexity index is 696. The van der Waals surface area contributed by atoms with E-state index in [1.54, 1.807) is 0 Å². The Morgan fingerprint density at radius 3 is 2.65 bits per heavy atom. The number of aryl methyl sites for hydroxylation is 1. The van der Waals surface area contributed by atoms with Crippen molar-refractivity contribution in [3.8, 4) is 0 Å². The SMILES string of the molecule is Cc1ncc(C2=CC3COCC(C2)N3Cc2ccccc2)cn1. The summed E-state index contributed by atoms with van der Waals surface area (Å²) in [6.07, 6.45) is 7.22. The van der Waals surface area contributed by atoms with Crippen LogP contribution in [-0.2, 0) is 11.3 Å². The predicted molar refractivity (Wildman–Crippen MR) is 89.7 cm³/mol. The highest BCUT2D eigenvalue weighted by molar-refractivity contribution is 5.66. The number of fused-ring (bicyclic) bond motifs is 2. The second-order valence-electron chi connectivity index (χ2n) is 6.33. The van der Waals surface area contributed by atoms with E-state index in [1.165, 1.54) is 11.1 Å². The number of rotatable bonds is 3. The number of morpholine rings is 1. The zero-order valence-corrected chi connectivity index (χ0v) is 13.4. The Hall–Kier alpha value is -2.04. The molecule has 0 amide bonds. The normalized spacial score (nSPS) is 24.3. The molecular weight excluding hydrogens is 286 g/mol. The van der Waals surface area contributed by atoms with Gasteiger partial charge in [0, 0.05) is 30.5 Å². The number of benzene rings is 1. The second kappa shape index (κ2) is 6.22. The van der Waals surface area contributed by atoms with Crippen LogP contribution in [0.15, 0.2) is 48.8 Å². The van der Waals surface area contributed by atoms with E-state index in [1.807, 2.05) is 19.3 Å². The largest absolute Gasteiger partial charge is 0.378 e. The van der Waals surface area contributed by atoms with Crippen LogP contribution in [0.2, 0.25) is 0 Å². The molecule has 1 aromatic heterocycles. The van der Waals surface area contributed by atoms with E-state index >= 15 is 0 Å². The van der Waals surface area contributed by atoms with Gasteiger partial charge in [-0.2, -0.15) is 0 Å².